The molecule has 0 atom stereocenters. The Kier molecular flexibility index (Phi) is 42.4. The van der Waals surface area contributed by atoms with Crippen LogP contribution < -0.4 is 0 Å². The van der Waals surface area contributed by atoms with Crippen LogP contribution in [0.3, 0.4) is 0 Å². The van der Waals surface area contributed by atoms with Gasteiger partial charge in [-0.3, -0.25) is 28.8 Å². The Labute approximate surface area is 617 Å². The summed E-state index contributed by atoms with van der Waals surface area (Å²) in [6.07, 6.45) is 52.3. The van der Waals surface area contributed by atoms with Crippen molar-refractivity contribution in [3.63, 3.8) is 0 Å². The van der Waals surface area contributed by atoms with Crippen molar-refractivity contribution < 1.29 is 57.2 Å². The summed E-state index contributed by atoms with van der Waals surface area (Å²) in [5, 5.41) is 0. The summed E-state index contributed by atoms with van der Waals surface area (Å²) in [7, 11) is 0. The average Bonchev–Trinajstić information content (AvgIpc) is 1.27. The van der Waals surface area contributed by atoms with E-state index in [1.807, 2.05) is 111 Å². The Hall–Kier alpha value is -3.18. The van der Waals surface area contributed by atoms with E-state index in [1.165, 1.54) is 167 Å². The summed E-state index contributed by atoms with van der Waals surface area (Å²) < 4.78 is 34.8. The molecule has 6 aliphatic rings. The van der Waals surface area contributed by atoms with E-state index in [0.29, 0.717) is 0 Å². The summed E-state index contributed by atoms with van der Waals surface area (Å²) in [6.45, 7) is 48.6. The summed E-state index contributed by atoms with van der Waals surface area (Å²) in [5.41, 5.74) is -3.17. The first-order valence-electron chi connectivity index (χ1n) is 41.9. The number of hydrogen-bond donors (Lipinski definition) is 0. The Morgan fingerprint density at radius 1 is 0.210 bits per heavy atom. The average molecular weight is 1410 g/mol. The first kappa shape index (κ1) is 94.8. The number of esters is 6. The molecular formula is C88H164O12. The molecule has 588 valence electrons. The van der Waals surface area contributed by atoms with Crippen LogP contribution in [-0.4, -0.2) is 69.4 Å². The second-order valence-corrected chi connectivity index (χ2v) is 36.8. The molecule has 12 heteroatoms. The fourth-order valence-corrected chi connectivity index (χ4v) is 13.5. The van der Waals surface area contributed by atoms with Crippen LogP contribution in [0.5, 0.6) is 0 Å². The molecule has 0 aromatic heterocycles. The maximum Gasteiger partial charge on any atom is 0.312 e. The number of carbonyl (C=O) groups excluding carboxylic acids is 6. The van der Waals surface area contributed by atoms with Gasteiger partial charge >= 0.3 is 35.8 Å². The van der Waals surface area contributed by atoms with Crippen LogP contribution in [0.4, 0.5) is 0 Å². The summed E-state index contributed by atoms with van der Waals surface area (Å²) in [6, 6.07) is 0. The highest BCUT2D eigenvalue weighted by Gasteiger charge is 2.43. The highest BCUT2D eigenvalue weighted by molar-refractivity contribution is 5.78. The van der Waals surface area contributed by atoms with Gasteiger partial charge in [0.2, 0.25) is 0 Å². The molecule has 6 rings (SSSR count). The highest BCUT2D eigenvalue weighted by Crippen LogP contribution is 2.42. The van der Waals surface area contributed by atoms with Crippen molar-refractivity contribution in [3.05, 3.63) is 0 Å². The van der Waals surface area contributed by atoms with Gasteiger partial charge in [0.15, 0.2) is 0 Å². The Balaban J connectivity index is 0.000000603. The van der Waals surface area contributed by atoms with Crippen molar-refractivity contribution in [2.45, 2.75) is 495 Å². The number of carbonyl (C=O) groups is 6. The summed E-state index contributed by atoms with van der Waals surface area (Å²) in [5.74, 6) is -0.138. The quantitative estimate of drug-likeness (QED) is 0.0840. The van der Waals surface area contributed by atoms with E-state index in [0.717, 1.165) is 128 Å². The molecule has 6 aliphatic carbocycles. The third-order valence-corrected chi connectivity index (χ3v) is 25.1. The molecular weight excluding hydrogens is 1250 g/mol. The van der Waals surface area contributed by atoms with E-state index in [-0.39, 0.29) is 102 Å². The molecule has 6 saturated carbocycles. The second kappa shape index (κ2) is 44.7. The first-order valence-corrected chi connectivity index (χ1v) is 41.9. The van der Waals surface area contributed by atoms with Gasteiger partial charge in [-0.1, -0.05) is 145 Å². The largest absolute Gasteiger partial charge is 0.459 e. The number of hydrogen-bond acceptors (Lipinski definition) is 12. The molecule has 100 heavy (non-hydrogen) atoms. The predicted octanol–water partition coefficient (Wildman–Crippen LogP) is 26.0. The van der Waals surface area contributed by atoms with Gasteiger partial charge in [0, 0.05) is 0 Å². The van der Waals surface area contributed by atoms with Gasteiger partial charge in [0.05, 0.1) is 32.5 Å². The molecule has 0 saturated heterocycles. The van der Waals surface area contributed by atoms with Crippen LogP contribution in [0.15, 0.2) is 0 Å². The lowest BCUT2D eigenvalue weighted by molar-refractivity contribution is -0.175. The minimum atomic E-state index is -0.354. The molecule has 0 amide bonds. The van der Waals surface area contributed by atoms with Crippen molar-refractivity contribution in [3.8, 4) is 0 Å². The lowest BCUT2D eigenvalue weighted by Gasteiger charge is -2.38. The van der Waals surface area contributed by atoms with Crippen LogP contribution in [0.25, 0.3) is 0 Å². The Morgan fingerprint density at radius 3 is 0.490 bits per heavy atom. The Morgan fingerprint density at radius 2 is 0.330 bits per heavy atom. The van der Waals surface area contributed by atoms with Crippen molar-refractivity contribution in [1.82, 2.24) is 0 Å². The maximum absolute atomic E-state index is 12.4. The van der Waals surface area contributed by atoms with Crippen LogP contribution >= 0.6 is 0 Å². The van der Waals surface area contributed by atoms with Gasteiger partial charge in [-0.15, -0.1) is 0 Å². The summed E-state index contributed by atoms with van der Waals surface area (Å²) >= 11 is 0. The van der Waals surface area contributed by atoms with E-state index in [9.17, 15) is 28.8 Å². The summed E-state index contributed by atoms with van der Waals surface area (Å²) in [4.78, 5) is 72.6. The lowest BCUT2D eigenvalue weighted by Crippen LogP contribution is -2.40. The highest BCUT2D eigenvalue weighted by atomic mass is 16.6. The zero-order chi connectivity index (χ0) is 76.2. The van der Waals surface area contributed by atoms with Crippen LogP contribution in [0.1, 0.15) is 462 Å². The molecule has 0 aromatic carbocycles. The van der Waals surface area contributed by atoms with Crippen LogP contribution in [0.2, 0.25) is 0 Å². The van der Waals surface area contributed by atoms with Crippen molar-refractivity contribution in [2.75, 3.05) is 0 Å². The van der Waals surface area contributed by atoms with Crippen molar-refractivity contribution in [1.29, 1.82) is 0 Å². The monoisotopic (exact) mass is 1410 g/mol. The zero-order valence-corrected chi connectivity index (χ0v) is 70.4. The van der Waals surface area contributed by atoms with Gasteiger partial charge in [0.1, 0.15) is 33.6 Å². The van der Waals surface area contributed by atoms with E-state index in [2.05, 4.69) is 55.4 Å². The van der Waals surface area contributed by atoms with Gasteiger partial charge in [-0.25, -0.2) is 0 Å². The fraction of sp³-hybridized carbons (Fsp3) is 0.932. The third kappa shape index (κ3) is 34.8. The Bertz CT molecular complexity index is 2290. The van der Waals surface area contributed by atoms with Crippen molar-refractivity contribution in [2.24, 2.45) is 32.5 Å². The number of ether oxygens (including phenoxy) is 6. The smallest absolute Gasteiger partial charge is 0.312 e. The van der Waals surface area contributed by atoms with Crippen LogP contribution in [0, 0.1) is 32.5 Å². The minimum absolute atomic E-state index is 0.0143. The predicted molar refractivity (Wildman–Crippen MR) is 416 cm³/mol. The van der Waals surface area contributed by atoms with Gasteiger partial charge in [-0.2, -0.15) is 0 Å². The van der Waals surface area contributed by atoms with E-state index >= 15 is 0 Å². The van der Waals surface area contributed by atoms with E-state index in [4.69, 9.17) is 28.4 Å². The SMILES string of the molecule is CCC(C)(C)C(=O)OC1(C)CCCC1.CCC(C)(C)C(=O)OC1(C)CCCCC1.CCC(C)(C)C(=O)OC1(C)CCCCCCCCC1.CCC(C)(C)C(=O)OC1(C)CCCCCCCCCCC1.CCC1(OC(=O)C(C)(C)CC)CCCC1.CCC1(OC(=O)C(C)(C)CC)CCCCC1. The number of rotatable bonds is 20. The van der Waals surface area contributed by atoms with E-state index < -0.39 is 0 Å². The maximum atomic E-state index is 12.4. The van der Waals surface area contributed by atoms with Gasteiger partial charge in [-0.05, 0) is 316 Å². The van der Waals surface area contributed by atoms with Gasteiger partial charge < -0.3 is 28.4 Å². The zero-order valence-electron chi connectivity index (χ0n) is 70.4. The molecule has 0 spiro atoms. The molecule has 6 fully saturated rings. The van der Waals surface area contributed by atoms with Gasteiger partial charge in [0.25, 0.3) is 0 Å². The molecule has 0 N–H and O–H groups in total. The first-order chi connectivity index (χ1) is 46.5. The normalized spacial score (nSPS) is 21.1. The second-order valence-electron chi connectivity index (χ2n) is 36.8. The van der Waals surface area contributed by atoms with E-state index in [1.54, 1.807) is 0 Å². The molecule has 12 nitrogen and oxygen atoms in total. The lowest BCUT2D eigenvalue weighted by atomic mass is 9.82. The fourth-order valence-electron chi connectivity index (χ4n) is 13.5. The van der Waals surface area contributed by atoms with Crippen LogP contribution in [-0.2, 0) is 57.2 Å². The molecule has 0 unspecified atom stereocenters. The topological polar surface area (TPSA) is 158 Å². The van der Waals surface area contributed by atoms with Crippen molar-refractivity contribution >= 4 is 35.8 Å². The molecule has 0 bridgehead atoms. The molecule has 0 aromatic rings. The molecule has 0 heterocycles. The third-order valence-electron chi connectivity index (χ3n) is 25.1. The molecule has 0 radical (unpaired) electrons. The standard InChI is InChI=1S/C19H36O2.C17H32O2.C14H26O2.2C13H24O2.C12H22O2/c1-5-18(2,3)17(20)21-19(4)15-13-11-9-7-6-8-10-12-14-16-19;1-5-16(2,3)15(18)19-17(4)13-11-9-7-6-8-10-12-14-17;1-5-13(3,4)12(15)16-14(6-2)10-8-7-9-11-14;1-5-12(2,3)11(14)15-13(4)9-7-6-8-10-13;1-5-12(3,4)11(14)15-13(6-2)9-7-8-10-13;1-5-11(2,3)10(13)14-12(4)8-6-7-9-12/h5-16H2,1-4H3;5-14H2,1-4H3;5-11H2,1-4H3;2*5-10H2,1-4H3;5-9H2,1-4H3. The minimum Gasteiger partial charge on any atom is -0.459 e. The molecule has 0 aliphatic heterocycles.